The summed E-state index contributed by atoms with van der Waals surface area (Å²) in [6.45, 7) is 0. The van der Waals surface area contributed by atoms with Crippen LogP contribution in [0, 0.1) is 0 Å². The number of hydrogen-bond donors (Lipinski definition) is 0. The Kier molecular flexibility index (Phi) is 7.35. The Bertz CT molecular complexity index is 247. The maximum absolute atomic E-state index is 2.32. The minimum Gasteiger partial charge on any atom is -1.00 e. The fourth-order valence-electron chi connectivity index (χ4n) is 1.38. The molecule has 0 unspecified atom stereocenters. The fourth-order valence-corrected chi connectivity index (χ4v) is 4.82. The quantitative estimate of drug-likeness (QED) is 0.501. The fraction of sp³-hybridized carbons (Fsp3) is 0.200. The van der Waals surface area contributed by atoms with Crippen LogP contribution < -0.4 is 24.8 Å². The number of rotatable bonds is 2. The topological polar surface area (TPSA) is 0 Å². The van der Waals surface area contributed by atoms with Gasteiger partial charge in [-0.2, -0.15) is 0 Å². The summed E-state index contributed by atoms with van der Waals surface area (Å²) in [4.78, 5) is 0. The zero-order valence-corrected chi connectivity index (χ0v) is 11.6. The third-order valence-electron chi connectivity index (χ3n) is 1.97. The maximum atomic E-state index is 2.32. The van der Waals surface area contributed by atoms with E-state index >= 15 is 0 Å². The van der Waals surface area contributed by atoms with Crippen molar-refractivity contribution in [1.82, 2.24) is 0 Å². The molecule has 0 heterocycles. The second-order valence-electron chi connectivity index (χ2n) is 2.89. The van der Waals surface area contributed by atoms with E-state index in [1.807, 2.05) is 0 Å². The molecule has 0 aromatic rings. The minimum absolute atomic E-state index is 0. The van der Waals surface area contributed by atoms with E-state index in [0.29, 0.717) is 0 Å². The second kappa shape index (κ2) is 7.00. The van der Waals surface area contributed by atoms with Gasteiger partial charge in [-0.3, -0.25) is 0 Å². The summed E-state index contributed by atoms with van der Waals surface area (Å²) in [6.07, 6.45) is 16.1. The van der Waals surface area contributed by atoms with Gasteiger partial charge in [0.25, 0.3) is 0 Å². The van der Waals surface area contributed by atoms with Crippen molar-refractivity contribution in [3.8, 4) is 0 Å². The summed E-state index contributed by atoms with van der Waals surface area (Å²) in [5.41, 5.74) is 0. The number of hydrogen-bond acceptors (Lipinski definition) is 0. The van der Waals surface area contributed by atoms with Gasteiger partial charge in [-0.1, -0.05) is 0 Å². The molecule has 0 amide bonds. The van der Waals surface area contributed by atoms with Gasteiger partial charge in [-0.05, 0) is 0 Å². The van der Waals surface area contributed by atoms with Gasteiger partial charge < -0.3 is 24.8 Å². The van der Waals surface area contributed by atoms with Crippen LogP contribution in [-0.2, 0) is 29.2 Å². The molecule has 0 atom stereocenters. The van der Waals surface area contributed by atoms with Gasteiger partial charge in [0.05, 0.1) is 0 Å². The molecule has 0 radical (unpaired) electrons. The van der Waals surface area contributed by atoms with Crippen molar-refractivity contribution in [3.63, 3.8) is 0 Å². The van der Waals surface area contributed by atoms with Gasteiger partial charge in [-0.15, -0.1) is 0 Å². The summed E-state index contributed by atoms with van der Waals surface area (Å²) in [6, 6.07) is 0. The zero-order chi connectivity index (χ0) is 7.52. The first-order valence-electron chi connectivity index (χ1n) is 4.01. The molecule has 2 rings (SSSR count). The molecule has 13 heavy (non-hydrogen) atoms. The summed E-state index contributed by atoms with van der Waals surface area (Å²) in [5, 5.41) is 0. The molecule has 0 bridgehead atoms. The van der Waals surface area contributed by atoms with E-state index in [2.05, 4.69) is 36.5 Å². The molecule has 2 aliphatic rings. The second-order valence-corrected chi connectivity index (χ2v) is 7.25. The third kappa shape index (κ3) is 4.12. The molecular formula is C10H10Cl2Y. The van der Waals surface area contributed by atoms with Gasteiger partial charge >= 0.3 is 83.3 Å². The van der Waals surface area contributed by atoms with Crippen LogP contribution >= 0.6 is 0 Å². The molecule has 0 N–H and O–H groups in total. The SMILES string of the molecule is C1=CC[C]([Y+2][C]2=CC=CC2)=C1.[Cl-].[Cl-]. The van der Waals surface area contributed by atoms with Crippen LogP contribution in [0.2, 0.25) is 0 Å². The molecule has 0 fully saturated rings. The number of allylic oxidation sites excluding steroid dienone is 8. The Morgan fingerprint density at radius 2 is 1.31 bits per heavy atom. The molecule has 67 valence electrons. The molecule has 0 saturated carbocycles. The Morgan fingerprint density at radius 3 is 1.62 bits per heavy atom. The smallest absolute Gasteiger partial charge is 1.00 e. The van der Waals surface area contributed by atoms with Crippen LogP contribution in [0.4, 0.5) is 0 Å². The van der Waals surface area contributed by atoms with Crippen LogP contribution in [0.25, 0.3) is 0 Å². The van der Waals surface area contributed by atoms with Crippen LogP contribution in [-0.4, -0.2) is 0 Å². The van der Waals surface area contributed by atoms with Crippen LogP contribution in [0.15, 0.2) is 41.2 Å². The maximum Gasteiger partial charge on any atom is -1.00 e. The minimum atomic E-state index is -0.487. The average molecular weight is 290 g/mol. The summed E-state index contributed by atoms with van der Waals surface area (Å²) < 4.78 is 3.49. The van der Waals surface area contributed by atoms with E-state index in [0.717, 1.165) is 0 Å². The van der Waals surface area contributed by atoms with Crippen LogP contribution in [0.3, 0.4) is 0 Å². The van der Waals surface area contributed by atoms with Crippen molar-refractivity contribution in [3.05, 3.63) is 41.2 Å². The Labute approximate surface area is 107 Å². The number of halogens is 2. The summed E-state index contributed by atoms with van der Waals surface area (Å²) in [7, 11) is 0. The third-order valence-corrected chi connectivity index (χ3v) is 5.90. The van der Waals surface area contributed by atoms with Gasteiger partial charge in [-0.25, -0.2) is 0 Å². The van der Waals surface area contributed by atoms with Crippen molar-refractivity contribution in [2.75, 3.05) is 0 Å². The molecule has 0 saturated heterocycles. The van der Waals surface area contributed by atoms with Gasteiger partial charge in [0.15, 0.2) is 0 Å². The molecule has 0 spiro atoms. The standard InChI is InChI=1S/2C5H5.2ClH.Y/c2*1-2-4-5-3-1;;;/h2*1-3H,4H2;2*1H;/q;;;;+2/p-2. The van der Waals surface area contributed by atoms with Crippen molar-refractivity contribution < 1.29 is 54.0 Å². The first kappa shape index (κ1) is 13.6. The van der Waals surface area contributed by atoms with Crippen molar-refractivity contribution in [2.24, 2.45) is 0 Å². The predicted molar refractivity (Wildman–Crippen MR) is 43.7 cm³/mol. The first-order chi connectivity index (χ1) is 5.45. The van der Waals surface area contributed by atoms with Gasteiger partial charge in [0, 0.05) is 0 Å². The van der Waals surface area contributed by atoms with Gasteiger partial charge in [0.1, 0.15) is 0 Å². The van der Waals surface area contributed by atoms with Crippen molar-refractivity contribution in [2.45, 2.75) is 12.8 Å². The molecule has 0 aromatic heterocycles. The predicted octanol–water partition coefficient (Wildman–Crippen LogP) is -3.24. The molecule has 3 heteroatoms. The molecule has 0 aromatic carbocycles. The normalized spacial score (nSPS) is 16.9. The van der Waals surface area contributed by atoms with Crippen LogP contribution in [0.5, 0.6) is 0 Å². The Balaban J connectivity index is 0.000000720. The van der Waals surface area contributed by atoms with E-state index in [4.69, 9.17) is 0 Å². The molecule has 0 nitrogen and oxygen atoms in total. The monoisotopic (exact) mass is 289 g/mol. The van der Waals surface area contributed by atoms with E-state index in [9.17, 15) is 0 Å². The van der Waals surface area contributed by atoms with Crippen molar-refractivity contribution >= 4 is 0 Å². The molecule has 0 aliphatic heterocycles. The van der Waals surface area contributed by atoms with E-state index in [1.54, 1.807) is 4.77 Å². The van der Waals surface area contributed by atoms with E-state index in [-0.39, 0.29) is 24.8 Å². The van der Waals surface area contributed by atoms with E-state index in [1.165, 1.54) is 12.8 Å². The zero-order valence-electron chi connectivity index (χ0n) is 7.21. The Hall–Kier alpha value is 0.644. The first-order valence-corrected chi connectivity index (χ1v) is 6.85. The van der Waals surface area contributed by atoms with Crippen molar-refractivity contribution in [1.29, 1.82) is 0 Å². The largest absolute Gasteiger partial charge is 1.00 e. The van der Waals surface area contributed by atoms with E-state index < -0.39 is 29.2 Å². The molecular weight excluding hydrogens is 280 g/mol. The molecule has 2 aliphatic carbocycles. The van der Waals surface area contributed by atoms with Crippen LogP contribution in [0.1, 0.15) is 12.8 Å². The summed E-state index contributed by atoms with van der Waals surface area (Å²) in [5.74, 6) is 0. The van der Waals surface area contributed by atoms with Gasteiger partial charge in [0.2, 0.25) is 0 Å². The Morgan fingerprint density at radius 1 is 0.846 bits per heavy atom. The summed E-state index contributed by atoms with van der Waals surface area (Å²) >= 11 is -0.487. The average Bonchev–Trinajstić information content (AvgIpc) is 2.60.